The molecule has 0 saturated heterocycles. The van der Waals surface area contributed by atoms with Gasteiger partial charge in [0.2, 0.25) is 0 Å². The lowest BCUT2D eigenvalue weighted by molar-refractivity contribution is 0.626. The Morgan fingerprint density at radius 2 is 1.54 bits per heavy atom. The van der Waals surface area contributed by atoms with E-state index in [4.69, 9.17) is 0 Å². The Labute approximate surface area is 143 Å². The molecule has 0 N–H and O–H groups in total. The SMILES string of the molecule is Cc1cccc(C=CCC(c2ccccc2)c2ccc(F)cc2)c1. The summed E-state index contributed by atoms with van der Waals surface area (Å²) < 4.78 is 13.2. The Kier molecular flexibility index (Phi) is 5.22. The molecule has 0 nitrogen and oxygen atoms in total. The molecule has 0 radical (unpaired) electrons. The van der Waals surface area contributed by atoms with E-state index in [0.29, 0.717) is 0 Å². The molecule has 0 fully saturated rings. The zero-order valence-corrected chi connectivity index (χ0v) is 13.8. The average Bonchev–Trinajstić information content (AvgIpc) is 2.61. The van der Waals surface area contributed by atoms with Crippen LogP contribution in [0.3, 0.4) is 0 Å². The van der Waals surface area contributed by atoms with Crippen molar-refractivity contribution in [2.45, 2.75) is 19.3 Å². The van der Waals surface area contributed by atoms with E-state index in [1.807, 2.05) is 18.2 Å². The molecule has 1 heteroatoms. The van der Waals surface area contributed by atoms with Crippen LogP contribution in [0.25, 0.3) is 6.08 Å². The minimum atomic E-state index is -0.194. The minimum absolute atomic E-state index is 0.194. The van der Waals surface area contributed by atoms with Crippen molar-refractivity contribution in [3.63, 3.8) is 0 Å². The molecule has 3 rings (SSSR count). The summed E-state index contributed by atoms with van der Waals surface area (Å²) in [6.45, 7) is 2.10. The third-order valence-corrected chi connectivity index (χ3v) is 4.20. The van der Waals surface area contributed by atoms with Crippen LogP contribution in [0.2, 0.25) is 0 Å². The van der Waals surface area contributed by atoms with E-state index in [-0.39, 0.29) is 11.7 Å². The first-order chi connectivity index (χ1) is 11.7. The molecule has 3 aromatic rings. The zero-order chi connectivity index (χ0) is 16.8. The highest BCUT2D eigenvalue weighted by Crippen LogP contribution is 2.28. The third kappa shape index (κ3) is 4.20. The molecule has 0 aliphatic carbocycles. The van der Waals surface area contributed by atoms with Gasteiger partial charge in [0.05, 0.1) is 0 Å². The van der Waals surface area contributed by atoms with Crippen molar-refractivity contribution in [1.82, 2.24) is 0 Å². The van der Waals surface area contributed by atoms with E-state index in [9.17, 15) is 4.39 Å². The van der Waals surface area contributed by atoms with Gasteiger partial charge in [-0.25, -0.2) is 4.39 Å². The predicted octanol–water partition coefficient (Wildman–Crippen LogP) is 6.37. The highest BCUT2D eigenvalue weighted by atomic mass is 19.1. The number of halogens is 1. The Hall–Kier alpha value is -2.67. The molecule has 1 unspecified atom stereocenters. The highest BCUT2D eigenvalue weighted by Gasteiger charge is 2.12. The molecule has 24 heavy (non-hydrogen) atoms. The van der Waals surface area contributed by atoms with Gasteiger partial charge in [-0.2, -0.15) is 0 Å². The first-order valence-electron chi connectivity index (χ1n) is 8.26. The second-order valence-electron chi connectivity index (χ2n) is 6.07. The molecule has 0 saturated carbocycles. The van der Waals surface area contributed by atoms with Gasteiger partial charge in [0.1, 0.15) is 5.82 Å². The van der Waals surface area contributed by atoms with E-state index >= 15 is 0 Å². The number of aryl methyl sites for hydroxylation is 1. The minimum Gasteiger partial charge on any atom is -0.207 e. The van der Waals surface area contributed by atoms with Gasteiger partial charge in [0.25, 0.3) is 0 Å². The summed E-state index contributed by atoms with van der Waals surface area (Å²) in [5.74, 6) is 0.0359. The Bertz CT molecular complexity index is 801. The zero-order valence-electron chi connectivity index (χ0n) is 13.8. The molecule has 0 aliphatic rings. The fraction of sp³-hybridized carbons (Fsp3) is 0.130. The lowest BCUT2D eigenvalue weighted by Gasteiger charge is -2.16. The fourth-order valence-electron chi connectivity index (χ4n) is 2.96. The molecule has 120 valence electrons. The van der Waals surface area contributed by atoms with Gasteiger partial charge in [-0.1, -0.05) is 84.4 Å². The van der Waals surface area contributed by atoms with Gasteiger partial charge in [0.15, 0.2) is 0 Å². The Morgan fingerprint density at radius 1 is 0.833 bits per heavy atom. The van der Waals surface area contributed by atoms with E-state index in [2.05, 4.69) is 67.6 Å². The van der Waals surface area contributed by atoms with Crippen LogP contribution in [-0.2, 0) is 0 Å². The van der Waals surface area contributed by atoms with Crippen LogP contribution in [0.15, 0.2) is 84.9 Å². The summed E-state index contributed by atoms with van der Waals surface area (Å²) in [5, 5.41) is 0. The van der Waals surface area contributed by atoms with Crippen molar-refractivity contribution < 1.29 is 4.39 Å². The van der Waals surface area contributed by atoms with Crippen LogP contribution < -0.4 is 0 Å². The quantitative estimate of drug-likeness (QED) is 0.513. The van der Waals surface area contributed by atoms with Crippen molar-refractivity contribution >= 4 is 6.08 Å². The molecule has 0 heterocycles. The van der Waals surface area contributed by atoms with Crippen molar-refractivity contribution in [3.05, 3.63) is 113 Å². The van der Waals surface area contributed by atoms with Gasteiger partial charge in [-0.05, 0) is 42.2 Å². The van der Waals surface area contributed by atoms with Crippen LogP contribution in [0.5, 0.6) is 0 Å². The third-order valence-electron chi connectivity index (χ3n) is 4.20. The van der Waals surface area contributed by atoms with E-state index in [1.54, 1.807) is 0 Å². The van der Waals surface area contributed by atoms with Crippen LogP contribution >= 0.6 is 0 Å². The van der Waals surface area contributed by atoms with Crippen LogP contribution in [0.4, 0.5) is 4.39 Å². The lowest BCUT2D eigenvalue weighted by Crippen LogP contribution is -2.00. The molecule has 0 aromatic heterocycles. The summed E-state index contributed by atoms with van der Waals surface area (Å²) in [7, 11) is 0. The second-order valence-corrected chi connectivity index (χ2v) is 6.07. The van der Waals surface area contributed by atoms with Gasteiger partial charge in [-0.3, -0.25) is 0 Å². The standard InChI is InChI=1S/C23H21F/c1-18-7-5-8-19(17-18)9-6-12-23(20-10-3-2-4-11-20)21-13-15-22(24)16-14-21/h2-11,13-17,23H,12H2,1H3. The second kappa shape index (κ2) is 7.74. The highest BCUT2D eigenvalue weighted by molar-refractivity contribution is 5.50. The first-order valence-corrected chi connectivity index (χ1v) is 8.26. The maximum Gasteiger partial charge on any atom is 0.123 e. The fourth-order valence-corrected chi connectivity index (χ4v) is 2.96. The van der Waals surface area contributed by atoms with Gasteiger partial charge in [0, 0.05) is 5.92 Å². The Morgan fingerprint density at radius 3 is 2.25 bits per heavy atom. The molecule has 3 aromatic carbocycles. The van der Waals surface area contributed by atoms with Crippen LogP contribution in [0, 0.1) is 12.7 Å². The summed E-state index contributed by atoms with van der Waals surface area (Å²) >= 11 is 0. The maximum absolute atomic E-state index is 13.2. The average molecular weight is 316 g/mol. The number of hydrogen-bond donors (Lipinski definition) is 0. The topological polar surface area (TPSA) is 0 Å². The normalized spacial score (nSPS) is 12.4. The van der Waals surface area contributed by atoms with Gasteiger partial charge >= 0.3 is 0 Å². The number of allylic oxidation sites excluding steroid dienone is 1. The summed E-state index contributed by atoms with van der Waals surface area (Å²) in [6, 6.07) is 25.7. The number of hydrogen-bond acceptors (Lipinski definition) is 0. The summed E-state index contributed by atoms with van der Waals surface area (Å²) in [5.41, 5.74) is 4.85. The largest absolute Gasteiger partial charge is 0.207 e. The van der Waals surface area contributed by atoms with E-state index < -0.39 is 0 Å². The van der Waals surface area contributed by atoms with Crippen molar-refractivity contribution in [1.29, 1.82) is 0 Å². The number of rotatable bonds is 5. The molecular formula is C23H21F. The van der Waals surface area contributed by atoms with Crippen LogP contribution in [-0.4, -0.2) is 0 Å². The summed E-state index contributed by atoms with van der Waals surface area (Å²) in [4.78, 5) is 0. The smallest absolute Gasteiger partial charge is 0.123 e. The lowest BCUT2D eigenvalue weighted by atomic mass is 9.88. The van der Waals surface area contributed by atoms with Crippen molar-refractivity contribution in [3.8, 4) is 0 Å². The van der Waals surface area contributed by atoms with Gasteiger partial charge < -0.3 is 0 Å². The monoisotopic (exact) mass is 316 g/mol. The van der Waals surface area contributed by atoms with E-state index in [0.717, 1.165) is 12.0 Å². The first kappa shape index (κ1) is 16.2. The molecule has 0 aliphatic heterocycles. The molecule has 0 bridgehead atoms. The molecule has 1 atom stereocenters. The van der Waals surface area contributed by atoms with Crippen molar-refractivity contribution in [2.75, 3.05) is 0 Å². The Balaban J connectivity index is 1.84. The predicted molar refractivity (Wildman–Crippen MR) is 99.5 cm³/mol. The molecule has 0 amide bonds. The maximum atomic E-state index is 13.2. The van der Waals surface area contributed by atoms with Crippen LogP contribution in [0.1, 0.15) is 34.6 Å². The molecule has 0 spiro atoms. The summed E-state index contributed by atoms with van der Waals surface area (Å²) in [6.07, 6.45) is 5.24. The van der Waals surface area contributed by atoms with Crippen molar-refractivity contribution in [2.24, 2.45) is 0 Å². The van der Waals surface area contributed by atoms with Gasteiger partial charge in [-0.15, -0.1) is 0 Å². The van der Waals surface area contributed by atoms with E-state index in [1.165, 1.54) is 28.8 Å². The molecular weight excluding hydrogens is 295 g/mol. The number of benzene rings is 3.